The maximum atomic E-state index is 13.1. The van der Waals surface area contributed by atoms with Crippen LogP contribution in [0.3, 0.4) is 0 Å². The van der Waals surface area contributed by atoms with E-state index in [0.29, 0.717) is 39.0 Å². The van der Waals surface area contributed by atoms with Crippen LogP contribution in [0.2, 0.25) is 0 Å². The quantitative estimate of drug-likeness (QED) is 0.731. The molecule has 0 aliphatic carbocycles. The third kappa shape index (κ3) is 4.07. The van der Waals surface area contributed by atoms with Gasteiger partial charge in [0, 0.05) is 13.1 Å². The van der Waals surface area contributed by atoms with Crippen molar-refractivity contribution in [3.8, 4) is 0 Å². The van der Waals surface area contributed by atoms with E-state index in [1.807, 2.05) is 0 Å². The van der Waals surface area contributed by atoms with E-state index in [4.69, 9.17) is 0 Å². The second-order valence-corrected chi connectivity index (χ2v) is 7.19. The molecule has 1 fully saturated rings. The lowest BCUT2D eigenvalue weighted by Crippen LogP contribution is -2.42. The van der Waals surface area contributed by atoms with E-state index < -0.39 is 5.60 Å². The zero-order chi connectivity index (χ0) is 19.6. The van der Waals surface area contributed by atoms with Gasteiger partial charge in [-0.3, -0.25) is 4.90 Å². The molecular formula is C20H21F2N5O. The fourth-order valence-corrected chi connectivity index (χ4v) is 3.55. The van der Waals surface area contributed by atoms with Crippen LogP contribution in [-0.2, 0) is 18.7 Å². The highest BCUT2D eigenvalue weighted by atomic mass is 19.1. The highest BCUT2D eigenvalue weighted by Crippen LogP contribution is 2.33. The standard InChI is InChI=1S/C20H21F2N5O/c21-17-5-1-15(2-6-17)13-27-19(23-24-25-27)14-26-11-9-20(28,10-12-26)16-3-7-18(22)8-4-16/h1-8,28H,9-14H2. The number of rotatable bonds is 5. The molecule has 1 aromatic heterocycles. The minimum atomic E-state index is -0.940. The van der Waals surface area contributed by atoms with Gasteiger partial charge in [0.25, 0.3) is 0 Å². The molecular weight excluding hydrogens is 364 g/mol. The number of hydrogen-bond donors (Lipinski definition) is 1. The van der Waals surface area contributed by atoms with E-state index in [9.17, 15) is 13.9 Å². The number of tetrazole rings is 1. The molecule has 6 nitrogen and oxygen atoms in total. The monoisotopic (exact) mass is 385 g/mol. The first-order valence-electron chi connectivity index (χ1n) is 9.22. The maximum absolute atomic E-state index is 13.1. The molecule has 2 aromatic carbocycles. The second-order valence-electron chi connectivity index (χ2n) is 7.19. The van der Waals surface area contributed by atoms with E-state index in [-0.39, 0.29) is 11.6 Å². The van der Waals surface area contributed by atoms with E-state index in [0.717, 1.165) is 17.0 Å². The van der Waals surface area contributed by atoms with E-state index in [1.165, 1.54) is 24.3 Å². The minimum absolute atomic E-state index is 0.275. The number of nitrogens with zero attached hydrogens (tertiary/aromatic N) is 5. The van der Waals surface area contributed by atoms with Crippen molar-refractivity contribution in [1.82, 2.24) is 25.1 Å². The summed E-state index contributed by atoms with van der Waals surface area (Å²) >= 11 is 0. The Labute approximate surface area is 161 Å². The van der Waals surface area contributed by atoms with Crippen LogP contribution in [0.5, 0.6) is 0 Å². The Morgan fingerprint density at radius 2 is 1.50 bits per heavy atom. The van der Waals surface area contributed by atoms with Gasteiger partial charge >= 0.3 is 0 Å². The number of aliphatic hydroxyl groups is 1. The van der Waals surface area contributed by atoms with E-state index in [1.54, 1.807) is 28.9 Å². The summed E-state index contributed by atoms with van der Waals surface area (Å²) in [7, 11) is 0. The van der Waals surface area contributed by atoms with Crippen LogP contribution < -0.4 is 0 Å². The van der Waals surface area contributed by atoms with Crippen LogP contribution in [-0.4, -0.2) is 43.3 Å². The summed E-state index contributed by atoms with van der Waals surface area (Å²) in [5.74, 6) is 0.136. The molecule has 0 radical (unpaired) electrons. The number of aromatic nitrogens is 4. The highest BCUT2D eigenvalue weighted by Gasteiger charge is 2.34. The Morgan fingerprint density at radius 1 is 0.893 bits per heavy atom. The zero-order valence-electron chi connectivity index (χ0n) is 15.3. The molecule has 1 aliphatic heterocycles. The average Bonchev–Trinajstić information content (AvgIpc) is 3.13. The van der Waals surface area contributed by atoms with E-state index in [2.05, 4.69) is 20.4 Å². The molecule has 0 saturated carbocycles. The molecule has 28 heavy (non-hydrogen) atoms. The summed E-state index contributed by atoms with van der Waals surface area (Å²) in [5, 5.41) is 22.8. The van der Waals surface area contributed by atoms with Crippen LogP contribution in [0, 0.1) is 11.6 Å². The summed E-state index contributed by atoms with van der Waals surface area (Å²) in [6.45, 7) is 2.39. The van der Waals surface area contributed by atoms with E-state index >= 15 is 0 Å². The van der Waals surface area contributed by atoms with Crippen molar-refractivity contribution in [2.45, 2.75) is 31.5 Å². The van der Waals surface area contributed by atoms with Crippen molar-refractivity contribution < 1.29 is 13.9 Å². The molecule has 0 unspecified atom stereocenters. The Bertz CT molecular complexity index is 919. The van der Waals surface area contributed by atoms with Crippen LogP contribution in [0.4, 0.5) is 8.78 Å². The lowest BCUT2D eigenvalue weighted by Gasteiger charge is -2.38. The molecule has 4 rings (SSSR count). The van der Waals surface area contributed by atoms with Gasteiger partial charge in [0.15, 0.2) is 5.82 Å². The van der Waals surface area contributed by atoms with Gasteiger partial charge in [-0.15, -0.1) is 5.10 Å². The van der Waals surface area contributed by atoms with Crippen molar-refractivity contribution in [3.63, 3.8) is 0 Å². The topological polar surface area (TPSA) is 67.1 Å². The molecule has 146 valence electrons. The fourth-order valence-electron chi connectivity index (χ4n) is 3.55. The molecule has 2 heterocycles. The first-order chi connectivity index (χ1) is 13.5. The van der Waals surface area contributed by atoms with Crippen LogP contribution in [0.15, 0.2) is 48.5 Å². The third-order valence-corrected chi connectivity index (χ3v) is 5.28. The van der Waals surface area contributed by atoms with Crippen LogP contribution in [0.25, 0.3) is 0 Å². The largest absolute Gasteiger partial charge is 0.385 e. The lowest BCUT2D eigenvalue weighted by atomic mass is 9.84. The van der Waals surface area contributed by atoms with Gasteiger partial charge in [0.1, 0.15) is 11.6 Å². The van der Waals surface area contributed by atoms with Crippen molar-refractivity contribution in [2.75, 3.05) is 13.1 Å². The number of piperidine rings is 1. The SMILES string of the molecule is OC1(c2ccc(F)cc2)CCN(Cc2nnnn2Cc2ccc(F)cc2)CC1. The van der Waals surface area contributed by atoms with Crippen LogP contribution in [0.1, 0.15) is 29.8 Å². The average molecular weight is 385 g/mol. The van der Waals surface area contributed by atoms with Gasteiger partial charge in [-0.05, 0) is 58.7 Å². The molecule has 8 heteroatoms. The lowest BCUT2D eigenvalue weighted by molar-refractivity contribution is -0.0284. The first kappa shape index (κ1) is 18.6. The zero-order valence-corrected chi connectivity index (χ0v) is 15.3. The molecule has 3 aromatic rings. The Kier molecular flexibility index (Phi) is 5.15. The summed E-state index contributed by atoms with van der Waals surface area (Å²) in [6, 6.07) is 12.3. The Morgan fingerprint density at radius 3 is 2.14 bits per heavy atom. The summed E-state index contributed by atoms with van der Waals surface area (Å²) in [5.41, 5.74) is 0.721. The van der Waals surface area contributed by atoms with Crippen molar-refractivity contribution in [3.05, 3.63) is 77.1 Å². The van der Waals surface area contributed by atoms with Crippen LogP contribution >= 0.6 is 0 Å². The Hall–Kier alpha value is -2.71. The fraction of sp³-hybridized carbons (Fsp3) is 0.350. The van der Waals surface area contributed by atoms with Gasteiger partial charge in [0.2, 0.25) is 0 Å². The highest BCUT2D eigenvalue weighted by molar-refractivity contribution is 5.24. The predicted octanol–water partition coefficient (Wildman–Crippen LogP) is 2.48. The first-order valence-corrected chi connectivity index (χ1v) is 9.22. The van der Waals surface area contributed by atoms with Gasteiger partial charge < -0.3 is 5.11 Å². The molecule has 1 saturated heterocycles. The number of hydrogen-bond acceptors (Lipinski definition) is 5. The normalized spacial score (nSPS) is 17.0. The molecule has 1 aliphatic rings. The minimum Gasteiger partial charge on any atom is -0.385 e. The van der Waals surface area contributed by atoms with Gasteiger partial charge in [-0.25, -0.2) is 13.5 Å². The number of benzene rings is 2. The molecule has 0 bridgehead atoms. The molecule has 0 spiro atoms. The summed E-state index contributed by atoms with van der Waals surface area (Å²) in [6.07, 6.45) is 1.11. The number of halogens is 2. The van der Waals surface area contributed by atoms with Gasteiger partial charge in [0.05, 0.1) is 18.7 Å². The number of likely N-dealkylation sites (tertiary alicyclic amines) is 1. The third-order valence-electron chi connectivity index (χ3n) is 5.28. The van der Waals surface area contributed by atoms with Crippen molar-refractivity contribution >= 4 is 0 Å². The smallest absolute Gasteiger partial charge is 0.165 e. The van der Waals surface area contributed by atoms with Gasteiger partial charge in [-0.2, -0.15) is 0 Å². The predicted molar refractivity (Wildman–Crippen MR) is 98.1 cm³/mol. The molecule has 0 amide bonds. The second kappa shape index (κ2) is 7.73. The summed E-state index contributed by atoms with van der Waals surface area (Å²) < 4.78 is 27.9. The summed E-state index contributed by atoms with van der Waals surface area (Å²) in [4.78, 5) is 2.19. The maximum Gasteiger partial charge on any atom is 0.165 e. The molecule has 1 N–H and O–H groups in total. The molecule has 0 atom stereocenters. The van der Waals surface area contributed by atoms with Crippen molar-refractivity contribution in [2.24, 2.45) is 0 Å². The van der Waals surface area contributed by atoms with Gasteiger partial charge in [-0.1, -0.05) is 24.3 Å². The van der Waals surface area contributed by atoms with Crippen molar-refractivity contribution in [1.29, 1.82) is 0 Å². The Balaban J connectivity index is 1.38.